The minimum atomic E-state index is -1.28. The zero-order valence-corrected chi connectivity index (χ0v) is 22.3. The van der Waals surface area contributed by atoms with Crippen LogP contribution < -0.4 is 21.7 Å². The van der Waals surface area contributed by atoms with Gasteiger partial charge in [0.15, 0.2) is 0 Å². The monoisotopic (exact) mass is 536 g/mol. The van der Waals surface area contributed by atoms with Crippen LogP contribution in [0.2, 0.25) is 0 Å². The van der Waals surface area contributed by atoms with E-state index in [9.17, 15) is 34.2 Å². The summed E-state index contributed by atoms with van der Waals surface area (Å²) in [5, 5.41) is 35.6. The van der Waals surface area contributed by atoms with Gasteiger partial charge in [0.1, 0.15) is 23.9 Å². The van der Waals surface area contributed by atoms with E-state index in [1.165, 1.54) is 12.1 Å². The van der Waals surface area contributed by atoms with Gasteiger partial charge >= 0.3 is 11.9 Å². The molecule has 38 heavy (non-hydrogen) atoms. The molecule has 12 heteroatoms. The lowest BCUT2D eigenvalue weighted by Gasteiger charge is -2.28. The van der Waals surface area contributed by atoms with E-state index < -0.39 is 53.8 Å². The molecular weight excluding hydrogens is 496 g/mol. The summed E-state index contributed by atoms with van der Waals surface area (Å²) in [6.07, 6.45) is 0.280. The molecule has 0 spiro atoms. The van der Waals surface area contributed by atoms with Crippen LogP contribution in [0.1, 0.15) is 58.9 Å². The molecule has 3 amide bonds. The van der Waals surface area contributed by atoms with Crippen LogP contribution in [-0.4, -0.2) is 69.1 Å². The van der Waals surface area contributed by atoms with Crippen LogP contribution in [0.4, 0.5) is 0 Å². The summed E-state index contributed by atoms with van der Waals surface area (Å²) in [6, 6.07) is 1.39. The molecule has 5 unspecified atom stereocenters. The molecule has 5 atom stereocenters. The lowest BCUT2D eigenvalue weighted by molar-refractivity contribution is -0.142. The molecule has 0 radical (unpaired) electrons. The number of phenols is 1. The molecule has 8 N–H and O–H groups in total. The highest BCUT2D eigenvalue weighted by Gasteiger charge is 2.33. The van der Waals surface area contributed by atoms with Gasteiger partial charge in [-0.2, -0.15) is 0 Å². The zero-order chi connectivity index (χ0) is 29.0. The van der Waals surface area contributed by atoms with Gasteiger partial charge in [-0.15, -0.1) is 0 Å². The highest BCUT2D eigenvalue weighted by molar-refractivity contribution is 5.94. The first kappa shape index (κ1) is 32.4. The molecule has 0 heterocycles. The van der Waals surface area contributed by atoms with Gasteiger partial charge in [0.25, 0.3) is 0 Å². The third-order valence-electron chi connectivity index (χ3n) is 6.13. The number of carboxylic acid groups (broad SMARTS) is 2. The Morgan fingerprint density at radius 2 is 1.45 bits per heavy atom. The van der Waals surface area contributed by atoms with Crippen LogP contribution in [0.3, 0.4) is 0 Å². The van der Waals surface area contributed by atoms with Crippen molar-refractivity contribution in [3.05, 3.63) is 29.8 Å². The van der Waals surface area contributed by atoms with Crippen molar-refractivity contribution in [3.63, 3.8) is 0 Å². The smallest absolute Gasteiger partial charge is 0.326 e. The largest absolute Gasteiger partial charge is 0.508 e. The minimum absolute atomic E-state index is 0.0149. The Bertz CT molecular complexity index is 966. The van der Waals surface area contributed by atoms with Gasteiger partial charge in [-0.05, 0) is 42.4 Å². The van der Waals surface area contributed by atoms with Crippen molar-refractivity contribution in [2.45, 2.75) is 84.0 Å². The average Bonchev–Trinajstić information content (AvgIpc) is 2.84. The van der Waals surface area contributed by atoms with Gasteiger partial charge in [0, 0.05) is 12.8 Å². The van der Waals surface area contributed by atoms with Crippen LogP contribution in [0.5, 0.6) is 5.75 Å². The van der Waals surface area contributed by atoms with Crippen LogP contribution in [0.25, 0.3) is 0 Å². The number of aliphatic carboxylic acids is 2. The molecule has 0 saturated carbocycles. The van der Waals surface area contributed by atoms with Crippen molar-refractivity contribution in [2.75, 3.05) is 0 Å². The van der Waals surface area contributed by atoms with Crippen molar-refractivity contribution in [1.29, 1.82) is 0 Å². The summed E-state index contributed by atoms with van der Waals surface area (Å²) in [4.78, 5) is 61.5. The molecule has 1 aromatic carbocycles. The van der Waals surface area contributed by atoms with Crippen LogP contribution in [-0.2, 0) is 30.4 Å². The summed E-state index contributed by atoms with van der Waals surface area (Å²) in [5.41, 5.74) is 6.36. The predicted octanol–water partition coefficient (Wildman–Crippen LogP) is 0.758. The number of nitrogens with one attached hydrogen (secondary N) is 3. The Morgan fingerprint density at radius 1 is 0.868 bits per heavy atom. The van der Waals surface area contributed by atoms with Crippen LogP contribution in [0, 0.1) is 11.8 Å². The maximum absolute atomic E-state index is 13.2. The van der Waals surface area contributed by atoms with Gasteiger partial charge in [0.05, 0.1) is 6.04 Å². The lowest BCUT2D eigenvalue weighted by Crippen LogP contribution is -2.59. The summed E-state index contributed by atoms with van der Waals surface area (Å²) in [6.45, 7) is 7.24. The third kappa shape index (κ3) is 11.2. The SMILES string of the molecule is CCC(C)C(NC(=O)C(CC(C)C)NC(=O)C(N)CCC(=O)O)C(=O)NC(Cc1ccc(O)cc1)C(=O)O. The fraction of sp³-hybridized carbons (Fsp3) is 0.577. The van der Waals surface area contributed by atoms with Gasteiger partial charge < -0.3 is 37.0 Å². The Balaban J connectivity index is 3.02. The summed E-state index contributed by atoms with van der Waals surface area (Å²) in [7, 11) is 0. The number of amides is 3. The second kappa shape index (κ2) is 15.6. The second-order valence-electron chi connectivity index (χ2n) is 9.87. The molecule has 1 rings (SSSR count). The number of phenolic OH excluding ortho intramolecular Hbond substituents is 1. The molecular formula is C26H40N4O8. The Morgan fingerprint density at radius 3 is 1.95 bits per heavy atom. The van der Waals surface area contributed by atoms with Gasteiger partial charge in [-0.1, -0.05) is 46.2 Å². The van der Waals surface area contributed by atoms with E-state index in [1.807, 2.05) is 20.8 Å². The van der Waals surface area contributed by atoms with Crippen molar-refractivity contribution in [1.82, 2.24) is 16.0 Å². The van der Waals surface area contributed by atoms with E-state index in [1.54, 1.807) is 19.1 Å². The highest BCUT2D eigenvalue weighted by atomic mass is 16.4. The van der Waals surface area contributed by atoms with Crippen molar-refractivity contribution in [3.8, 4) is 5.75 Å². The topological polar surface area (TPSA) is 208 Å². The molecule has 212 valence electrons. The van der Waals surface area contributed by atoms with E-state index in [4.69, 9.17) is 10.8 Å². The lowest BCUT2D eigenvalue weighted by atomic mass is 9.96. The van der Waals surface area contributed by atoms with E-state index in [0.717, 1.165) is 0 Å². The maximum Gasteiger partial charge on any atom is 0.326 e. The number of benzene rings is 1. The molecule has 0 aliphatic heterocycles. The van der Waals surface area contributed by atoms with Crippen molar-refractivity contribution in [2.24, 2.45) is 17.6 Å². The average molecular weight is 537 g/mol. The number of carboxylic acids is 2. The first-order valence-corrected chi connectivity index (χ1v) is 12.6. The van der Waals surface area contributed by atoms with E-state index in [0.29, 0.717) is 12.0 Å². The highest BCUT2D eigenvalue weighted by Crippen LogP contribution is 2.14. The number of carbonyl (C=O) groups excluding carboxylic acids is 3. The number of carbonyl (C=O) groups is 5. The Hall–Kier alpha value is -3.67. The predicted molar refractivity (Wildman–Crippen MR) is 139 cm³/mol. The van der Waals surface area contributed by atoms with Gasteiger partial charge in [0.2, 0.25) is 17.7 Å². The Kier molecular flexibility index (Phi) is 13.2. The molecule has 0 saturated heterocycles. The third-order valence-corrected chi connectivity index (χ3v) is 6.13. The number of rotatable bonds is 16. The van der Waals surface area contributed by atoms with Gasteiger partial charge in [-0.25, -0.2) is 4.79 Å². The minimum Gasteiger partial charge on any atom is -0.508 e. The van der Waals surface area contributed by atoms with E-state index in [2.05, 4.69) is 16.0 Å². The summed E-state index contributed by atoms with van der Waals surface area (Å²) < 4.78 is 0. The molecule has 0 bridgehead atoms. The number of nitrogens with two attached hydrogens (primary N) is 1. The van der Waals surface area contributed by atoms with Crippen molar-refractivity contribution < 1.29 is 39.3 Å². The van der Waals surface area contributed by atoms with Gasteiger partial charge in [-0.3, -0.25) is 19.2 Å². The Labute approximate surface area is 222 Å². The van der Waals surface area contributed by atoms with Crippen molar-refractivity contribution >= 4 is 29.7 Å². The number of hydrogen-bond acceptors (Lipinski definition) is 7. The molecule has 0 aliphatic rings. The second-order valence-corrected chi connectivity index (χ2v) is 9.87. The summed E-state index contributed by atoms with van der Waals surface area (Å²) >= 11 is 0. The quantitative estimate of drug-likeness (QED) is 0.159. The molecule has 0 aliphatic carbocycles. The van der Waals surface area contributed by atoms with E-state index in [-0.39, 0.29) is 43.3 Å². The molecule has 1 aromatic rings. The molecule has 0 fully saturated rings. The maximum atomic E-state index is 13.2. The van der Waals surface area contributed by atoms with Crippen LogP contribution >= 0.6 is 0 Å². The summed E-state index contributed by atoms with van der Waals surface area (Å²) in [5.74, 6) is -4.73. The first-order valence-electron chi connectivity index (χ1n) is 12.6. The fourth-order valence-corrected chi connectivity index (χ4v) is 3.68. The fourth-order valence-electron chi connectivity index (χ4n) is 3.68. The normalized spacial score (nSPS) is 15.0. The zero-order valence-electron chi connectivity index (χ0n) is 22.3. The molecule has 0 aromatic heterocycles. The number of aromatic hydroxyl groups is 1. The molecule has 12 nitrogen and oxygen atoms in total. The van der Waals surface area contributed by atoms with Crippen LogP contribution in [0.15, 0.2) is 24.3 Å². The number of hydrogen-bond donors (Lipinski definition) is 7. The van der Waals surface area contributed by atoms with E-state index >= 15 is 0 Å². The standard InChI is InChI=1S/C26H40N4O8/c1-5-15(4)22(25(36)29-20(26(37)38)13-16-6-8-17(31)9-7-16)30-24(35)19(12-14(2)3)28-23(34)18(27)10-11-21(32)33/h6-9,14-15,18-20,22,31H,5,10-13,27H2,1-4H3,(H,28,34)(H,29,36)(H,30,35)(H,32,33)(H,37,38). The first-order chi connectivity index (χ1) is 17.7.